The highest BCUT2D eigenvalue weighted by molar-refractivity contribution is 4.86. The van der Waals surface area contributed by atoms with Crippen LogP contribution in [0.3, 0.4) is 0 Å². The van der Waals surface area contributed by atoms with Crippen molar-refractivity contribution < 1.29 is 4.84 Å². The minimum atomic E-state index is 0.602. The number of hydrogen-bond donors (Lipinski definition) is 1. The Bertz CT molecular complexity index is 92.9. The predicted molar refractivity (Wildman–Crippen MR) is 36.9 cm³/mol. The van der Waals surface area contributed by atoms with Crippen LogP contribution in [0, 0.1) is 11.8 Å². The smallest absolute Gasteiger partial charge is 0.0572 e. The van der Waals surface area contributed by atoms with Crippen LogP contribution in [-0.2, 0) is 4.84 Å². The molecule has 1 aliphatic rings. The van der Waals surface area contributed by atoms with Gasteiger partial charge in [-0.3, -0.25) is 0 Å². The quantitative estimate of drug-likeness (QED) is 0.565. The molecular weight excluding hydrogens is 114 g/mol. The SMILES string of the molecule is CONC1CC(C)C1C. The second kappa shape index (κ2) is 2.67. The summed E-state index contributed by atoms with van der Waals surface area (Å²) in [5.41, 5.74) is 2.96. The molecule has 0 aromatic carbocycles. The molecule has 1 rings (SSSR count). The molecule has 2 nitrogen and oxygen atoms in total. The molecule has 3 unspecified atom stereocenters. The molecule has 0 aromatic heterocycles. The average Bonchev–Trinajstić information content (AvgIpc) is 1.88. The molecule has 0 amide bonds. The van der Waals surface area contributed by atoms with Crippen LogP contribution >= 0.6 is 0 Å². The first-order valence-corrected chi connectivity index (χ1v) is 3.54. The van der Waals surface area contributed by atoms with Gasteiger partial charge in [0.2, 0.25) is 0 Å². The van der Waals surface area contributed by atoms with E-state index >= 15 is 0 Å². The van der Waals surface area contributed by atoms with Crippen molar-refractivity contribution in [2.45, 2.75) is 26.3 Å². The van der Waals surface area contributed by atoms with Crippen molar-refractivity contribution >= 4 is 0 Å². The third-order valence-corrected chi connectivity index (χ3v) is 2.43. The number of nitrogens with one attached hydrogen (secondary N) is 1. The van der Waals surface area contributed by atoms with E-state index < -0.39 is 0 Å². The Hall–Kier alpha value is -0.0800. The van der Waals surface area contributed by atoms with E-state index in [0.29, 0.717) is 6.04 Å². The lowest BCUT2D eigenvalue weighted by Gasteiger charge is -2.40. The van der Waals surface area contributed by atoms with Crippen molar-refractivity contribution in [3.63, 3.8) is 0 Å². The highest BCUT2D eigenvalue weighted by atomic mass is 16.6. The zero-order chi connectivity index (χ0) is 6.85. The molecule has 3 atom stereocenters. The first kappa shape index (κ1) is 7.03. The molecule has 0 aliphatic heterocycles. The summed E-state index contributed by atoms with van der Waals surface area (Å²) >= 11 is 0. The summed E-state index contributed by atoms with van der Waals surface area (Å²) in [6.07, 6.45) is 1.26. The molecule has 0 saturated heterocycles. The molecule has 0 bridgehead atoms. The summed E-state index contributed by atoms with van der Waals surface area (Å²) in [7, 11) is 1.68. The van der Waals surface area contributed by atoms with Crippen LogP contribution in [0.5, 0.6) is 0 Å². The van der Waals surface area contributed by atoms with Crippen LogP contribution in [0.1, 0.15) is 20.3 Å². The molecular formula is C7H15NO. The topological polar surface area (TPSA) is 21.3 Å². The summed E-state index contributed by atoms with van der Waals surface area (Å²) < 4.78 is 0. The van der Waals surface area contributed by atoms with Gasteiger partial charge in [0.15, 0.2) is 0 Å². The van der Waals surface area contributed by atoms with E-state index in [1.54, 1.807) is 7.11 Å². The lowest BCUT2D eigenvalue weighted by atomic mass is 9.72. The fourth-order valence-corrected chi connectivity index (χ4v) is 1.34. The van der Waals surface area contributed by atoms with Gasteiger partial charge in [-0.25, -0.2) is 0 Å². The molecule has 1 saturated carbocycles. The minimum absolute atomic E-state index is 0.602. The van der Waals surface area contributed by atoms with E-state index in [2.05, 4.69) is 19.3 Å². The maximum absolute atomic E-state index is 4.81. The van der Waals surface area contributed by atoms with Crippen LogP contribution in [0.2, 0.25) is 0 Å². The van der Waals surface area contributed by atoms with E-state index in [0.717, 1.165) is 11.8 Å². The van der Waals surface area contributed by atoms with Crippen molar-refractivity contribution in [1.82, 2.24) is 5.48 Å². The standard InChI is InChI=1S/C7H15NO/c1-5-4-7(6(5)2)8-9-3/h5-8H,4H2,1-3H3. The summed E-state index contributed by atoms with van der Waals surface area (Å²) in [4.78, 5) is 4.81. The molecule has 2 heteroatoms. The maximum atomic E-state index is 4.81. The van der Waals surface area contributed by atoms with Gasteiger partial charge in [0.25, 0.3) is 0 Å². The van der Waals surface area contributed by atoms with Crippen molar-refractivity contribution in [2.24, 2.45) is 11.8 Å². The fraction of sp³-hybridized carbons (Fsp3) is 1.00. The fourth-order valence-electron chi connectivity index (χ4n) is 1.34. The Labute approximate surface area is 56.5 Å². The van der Waals surface area contributed by atoms with Crippen molar-refractivity contribution in [2.75, 3.05) is 7.11 Å². The molecule has 0 heterocycles. The van der Waals surface area contributed by atoms with Gasteiger partial charge in [0, 0.05) is 6.04 Å². The molecule has 1 fully saturated rings. The molecule has 9 heavy (non-hydrogen) atoms. The van der Waals surface area contributed by atoms with Crippen molar-refractivity contribution in [3.05, 3.63) is 0 Å². The Balaban J connectivity index is 2.17. The third kappa shape index (κ3) is 1.25. The normalized spacial score (nSPS) is 42.3. The summed E-state index contributed by atoms with van der Waals surface area (Å²) in [5.74, 6) is 1.66. The highest BCUT2D eigenvalue weighted by Crippen LogP contribution is 2.33. The number of rotatable bonds is 2. The first-order chi connectivity index (χ1) is 4.25. The van der Waals surface area contributed by atoms with E-state index in [4.69, 9.17) is 4.84 Å². The summed E-state index contributed by atoms with van der Waals surface area (Å²) in [5, 5.41) is 0. The van der Waals surface area contributed by atoms with Crippen molar-refractivity contribution in [3.8, 4) is 0 Å². The summed E-state index contributed by atoms with van der Waals surface area (Å²) in [6, 6.07) is 0.602. The molecule has 1 aliphatic carbocycles. The van der Waals surface area contributed by atoms with Gasteiger partial charge in [-0.1, -0.05) is 13.8 Å². The molecule has 54 valence electrons. The minimum Gasteiger partial charge on any atom is -0.305 e. The van der Waals surface area contributed by atoms with Gasteiger partial charge in [-0.15, -0.1) is 0 Å². The Morgan fingerprint density at radius 1 is 1.44 bits per heavy atom. The predicted octanol–water partition coefficient (Wildman–Crippen LogP) is 1.18. The zero-order valence-electron chi connectivity index (χ0n) is 6.35. The lowest BCUT2D eigenvalue weighted by molar-refractivity contribution is -0.0152. The number of hydroxylamine groups is 1. The summed E-state index contributed by atoms with van der Waals surface area (Å²) in [6.45, 7) is 4.53. The van der Waals surface area contributed by atoms with Crippen LogP contribution in [-0.4, -0.2) is 13.2 Å². The lowest BCUT2D eigenvalue weighted by Crippen LogP contribution is -2.47. The largest absolute Gasteiger partial charge is 0.305 e. The zero-order valence-corrected chi connectivity index (χ0v) is 6.35. The van der Waals surface area contributed by atoms with E-state index in [-0.39, 0.29) is 0 Å². The van der Waals surface area contributed by atoms with Crippen LogP contribution in [0.4, 0.5) is 0 Å². The van der Waals surface area contributed by atoms with Gasteiger partial charge in [-0.2, -0.15) is 5.48 Å². The second-order valence-corrected chi connectivity index (χ2v) is 3.00. The molecule has 0 radical (unpaired) electrons. The van der Waals surface area contributed by atoms with E-state index in [1.807, 2.05) is 0 Å². The van der Waals surface area contributed by atoms with E-state index in [1.165, 1.54) is 6.42 Å². The molecule has 0 spiro atoms. The average molecular weight is 129 g/mol. The van der Waals surface area contributed by atoms with Gasteiger partial charge in [0.05, 0.1) is 7.11 Å². The van der Waals surface area contributed by atoms with Gasteiger partial charge in [-0.05, 0) is 18.3 Å². The van der Waals surface area contributed by atoms with E-state index in [9.17, 15) is 0 Å². The van der Waals surface area contributed by atoms with Crippen molar-refractivity contribution in [1.29, 1.82) is 0 Å². The van der Waals surface area contributed by atoms with Gasteiger partial charge in [0.1, 0.15) is 0 Å². The van der Waals surface area contributed by atoms with Crippen LogP contribution < -0.4 is 5.48 Å². The second-order valence-electron chi connectivity index (χ2n) is 3.00. The maximum Gasteiger partial charge on any atom is 0.0572 e. The first-order valence-electron chi connectivity index (χ1n) is 3.54. The number of hydrogen-bond acceptors (Lipinski definition) is 2. The monoisotopic (exact) mass is 129 g/mol. The Morgan fingerprint density at radius 3 is 2.44 bits per heavy atom. The van der Waals surface area contributed by atoms with Crippen LogP contribution in [0.25, 0.3) is 0 Å². The Morgan fingerprint density at radius 2 is 2.11 bits per heavy atom. The van der Waals surface area contributed by atoms with Gasteiger partial charge < -0.3 is 4.84 Å². The molecule has 1 N–H and O–H groups in total. The van der Waals surface area contributed by atoms with Gasteiger partial charge >= 0.3 is 0 Å². The third-order valence-electron chi connectivity index (χ3n) is 2.43. The highest BCUT2D eigenvalue weighted by Gasteiger charge is 2.33. The molecule has 0 aromatic rings. The Kier molecular flexibility index (Phi) is 2.09. The van der Waals surface area contributed by atoms with Crippen LogP contribution in [0.15, 0.2) is 0 Å².